The van der Waals surface area contributed by atoms with E-state index in [1.807, 2.05) is 24.3 Å². The number of aliphatic hydroxyl groups excluding tert-OH is 1. The molecule has 0 aliphatic rings. The van der Waals surface area contributed by atoms with E-state index in [1.165, 1.54) is 0 Å². The smallest absolute Gasteiger partial charge is 0.0762 e. The fourth-order valence-corrected chi connectivity index (χ4v) is 1.11. The van der Waals surface area contributed by atoms with Crippen LogP contribution >= 0.6 is 0 Å². The van der Waals surface area contributed by atoms with E-state index < -0.39 is 6.10 Å². The molecular weight excluding hydrogens is 152 g/mol. The van der Waals surface area contributed by atoms with Crippen LogP contribution in [0.4, 0.5) is 0 Å². The van der Waals surface area contributed by atoms with Gasteiger partial charge in [0.05, 0.1) is 12.7 Å². The van der Waals surface area contributed by atoms with E-state index in [0.29, 0.717) is 6.61 Å². The Balaban J connectivity index is 2.81. The Morgan fingerprint density at radius 3 is 2.83 bits per heavy atom. The number of ether oxygens (including phenoxy) is 1. The van der Waals surface area contributed by atoms with Crippen LogP contribution < -0.4 is 0 Å². The Morgan fingerprint density at radius 2 is 2.25 bits per heavy atom. The van der Waals surface area contributed by atoms with Crippen molar-refractivity contribution in [2.45, 2.75) is 19.6 Å². The van der Waals surface area contributed by atoms with Crippen molar-refractivity contribution in [3.05, 3.63) is 35.4 Å². The van der Waals surface area contributed by atoms with Gasteiger partial charge in [0.15, 0.2) is 0 Å². The van der Waals surface area contributed by atoms with Crippen LogP contribution in [0.2, 0.25) is 0 Å². The second-order valence-corrected chi connectivity index (χ2v) is 2.85. The van der Waals surface area contributed by atoms with Crippen LogP contribution in [0.25, 0.3) is 0 Å². The molecule has 0 saturated heterocycles. The predicted octanol–water partition coefficient (Wildman–Crippen LogP) is 1.89. The Morgan fingerprint density at radius 1 is 1.50 bits per heavy atom. The van der Waals surface area contributed by atoms with Crippen LogP contribution in [-0.4, -0.2) is 12.2 Å². The molecule has 0 aliphatic carbocycles. The first-order valence-corrected chi connectivity index (χ1v) is 4.00. The number of methoxy groups -OCH3 is 1. The lowest BCUT2D eigenvalue weighted by atomic mass is 10.1. The third-order valence-corrected chi connectivity index (χ3v) is 1.74. The van der Waals surface area contributed by atoms with E-state index in [4.69, 9.17) is 4.74 Å². The Labute approximate surface area is 72.8 Å². The molecule has 0 radical (unpaired) electrons. The summed E-state index contributed by atoms with van der Waals surface area (Å²) < 4.78 is 4.98. The molecule has 2 nitrogen and oxygen atoms in total. The Kier molecular flexibility index (Phi) is 3.26. The molecule has 0 aliphatic heterocycles. The van der Waals surface area contributed by atoms with Gasteiger partial charge in [-0.1, -0.05) is 24.3 Å². The van der Waals surface area contributed by atoms with E-state index in [0.717, 1.165) is 11.1 Å². The van der Waals surface area contributed by atoms with E-state index in [2.05, 4.69) is 0 Å². The summed E-state index contributed by atoms with van der Waals surface area (Å²) in [7, 11) is 1.66. The summed E-state index contributed by atoms with van der Waals surface area (Å²) in [5.41, 5.74) is 2.03. The lowest BCUT2D eigenvalue weighted by Crippen LogP contribution is -1.93. The molecule has 0 saturated carbocycles. The SMILES string of the molecule is COCc1cccc(C(C)O)c1. The molecule has 0 aromatic heterocycles. The van der Waals surface area contributed by atoms with Crippen molar-refractivity contribution in [2.24, 2.45) is 0 Å². The molecular formula is C10H14O2. The second-order valence-electron chi connectivity index (χ2n) is 2.85. The van der Waals surface area contributed by atoms with Crippen molar-refractivity contribution in [1.29, 1.82) is 0 Å². The molecule has 0 spiro atoms. The highest BCUT2D eigenvalue weighted by atomic mass is 16.5. The van der Waals surface area contributed by atoms with Crippen LogP contribution in [0.1, 0.15) is 24.2 Å². The molecule has 0 heterocycles. The zero-order valence-electron chi connectivity index (χ0n) is 7.45. The summed E-state index contributed by atoms with van der Waals surface area (Å²) in [6.45, 7) is 2.35. The van der Waals surface area contributed by atoms with Gasteiger partial charge in [-0.25, -0.2) is 0 Å². The third-order valence-electron chi connectivity index (χ3n) is 1.74. The van der Waals surface area contributed by atoms with Crippen molar-refractivity contribution in [2.75, 3.05) is 7.11 Å². The highest BCUT2D eigenvalue weighted by molar-refractivity contribution is 5.24. The van der Waals surface area contributed by atoms with Crippen LogP contribution in [0, 0.1) is 0 Å². The summed E-state index contributed by atoms with van der Waals surface area (Å²) in [5, 5.41) is 9.28. The van der Waals surface area contributed by atoms with Gasteiger partial charge in [0.2, 0.25) is 0 Å². The Hall–Kier alpha value is -0.860. The first-order chi connectivity index (χ1) is 5.74. The quantitative estimate of drug-likeness (QED) is 0.743. The molecule has 0 amide bonds. The summed E-state index contributed by atoms with van der Waals surface area (Å²) >= 11 is 0. The fraction of sp³-hybridized carbons (Fsp3) is 0.400. The van der Waals surface area contributed by atoms with Crippen LogP contribution in [0.15, 0.2) is 24.3 Å². The van der Waals surface area contributed by atoms with E-state index >= 15 is 0 Å². The molecule has 1 atom stereocenters. The monoisotopic (exact) mass is 166 g/mol. The van der Waals surface area contributed by atoms with Gasteiger partial charge in [-0.3, -0.25) is 0 Å². The average Bonchev–Trinajstić information content (AvgIpc) is 2.05. The van der Waals surface area contributed by atoms with Crippen LogP contribution in [0.5, 0.6) is 0 Å². The topological polar surface area (TPSA) is 29.5 Å². The van der Waals surface area contributed by atoms with Crippen molar-refractivity contribution < 1.29 is 9.84 Å². The van der Waals surface area contributed by atoms with Gasteiger partial charge >= 0.3 is 0 Å². The lowest BCUT2D eigenvalue weighted by Gasteiger charge is -2.06. The van der Waals surface area contributed by atoms with Crippen molar-refractivity contribution in [3.63, 3.8) is 0 Å². The third kappa shape index (κ3) is 2.32. The molecule has 0 fully saturated rings. The van der Waals surface area contributed by atoms with Gasteiger partial charge in [0, 0.05) is 7.11 Å². The largest absolute Gasteiger partial charge is 0.389 e. The summed E-state index contributed by atoms with van der Waals surface area (Å²) in [4.78, 5) is 0. The number of aliphatic hydroxyl groups is 1. The zero-order valence-corrected chi connectivity index (χ0v) is 7.45. The van der Waals surface area contributed by atoms with Crippen molar-refractivity contribution >= 4 is 0 Å². The summed E-state index contributed by atoms with van der Waals surface area (Å²) in [6.07, 6.45) is -0.401. The molecule has 66 valence electrons. The Bertz CT molecular complexity index is 243. The fourth-order valence-electron chi connectivity index (χ4n) is 1.11. The molecule has 1 aromatic rings. The molecule has 1 rings (SSSR count). The average molecular weight is 166 g/mol. The minimum absolute atomic E-state index is 0.401. The van der Waals surface area contributed by atoms with Gasteiger partial charge in [0.1, 0.15) is 0 Å². The second kappa shape index (κ2) is 4.24. The maximum Gasteiger partial charge on any atom is 0.0762 e. The molecule has 12 heavy (non-hydrogen) atoms. The van der Waals surface area contributed by atoms with E-state index in [1.54, 1.807) is 14.0 Å². The highest BCUT2D eigenvalue weighted by Crippen LogP contribution is 2.13. The van der Waals surface area contributed by atoms with Gasteiger partial charge in [-0.15, -0.1) is 0 Å². The number of benzene rings is 1. The minimum atomic E-state index is -0.401. The first kappa shape index (κ1) is 9.23. The van der Waals surface area contributed by atoms with Gasteiger partial charge < -0.3 is 9.84 Å². The molecule has 1 unspecified atom stereocenters. The van der Waals surface area contributed by atoms with Crippen LogP contribution in [0.3, 0.4) is 0 Å². The molecule has 1 N–H and O–H groups in total. The van der Waals surface area contributed by atoms with E-state index in [9.17, 15) is 5.11 Å². The molecule has 0 bridgehead atoms. The standard InChI is InChI=1S/C10H14O2/c1-8(11)10-5-3-4-9(6-10)7-12-2/h3-6,8,11H,7H2,1-2H3. The van der Waals surface area contributed by atoms with Crippen molar-refractivity contribution in [3.8, 4) is 0 Å². The molecule has 1 aromatic carbocycles. The number of rotatable bonds is 3. The maximum atomic E-state index is 9.28. The molecule has 2 heteroatoms. The van der Waals surface area contributed by atoms with Gasteiger partial charge in [-0.2, -0.15) is 0 Å². The van der Waals surface area contributed by atoms with Crippen LogP contribution in [-0.2, 0) is 11.3 Å². The first-order valence-electron chi connectivity index (χ1n) is 4.00. The number of hydrogen-bond acceptors (Lipinski definition) is 2. The highest BCUT2D eigenvalue weighted by Gasteiger charge is 2.00. The van der Waals surface area contributed by atoms with Gasteiger partial charge in [-0.05, 0) is 18.1 Å². The lowest BCUT2D eigenvalue weighted by molar-refractivity contribution is 0.183. The number of hydrogen-bond donors (Lipinski definition) is 1. The van der Waals surface area contributed by atoms with Gasteiger partial charge in [0.25, 0.3) is 0 Å². The minimum Gasteiger partial charge on any atom is -0.389 e. The summed E-state index contributed by atoms with van der Waals surface area (Å²) in [5.74, 6) is 0. The predicted molar refractivity (Wildman–Crippen MR) is 47.8 cm³/mol. The van der Waals surface area contributed by atoms with E-state index in [-0.39, 0.29) is 0 Å². The zero-order chi connectivity index (χ0) is 8.97. The normalized spacial score (nSPS) is 12.9. The summed E-state index contributed by atoms with van der Waals surface area (Å²) in [6, 6.07) is 7.77. The maximum absolute atomic E-state index is 9.28. The van der Waals surface area contributed by atoms with Crippen molar-refractivity contribution in [1.82, 2.24) is 0 Å².